The lowest BCUT2D eigenvalue weighted by Gasteiger charge is -2.51. The summed E-state index contributed by atoms with van der Waals surface area (Å²) in [6, 6.07) is 9.07. The van der Waals surface area contributed by atoms with Crippen LogP contribution in [0.3, 0.4) is 0 Å². The zero-order valence-electron chi connectivity index (χ0n) is 14.7. The third-order valence-corrected chi connectivity index (χ3v) is 7.00. The van der Waals surface area contributed by atoms with Gasteiger partial charge in [0.15, 0.2) is 0 Å². The van der Waals surface area contributed by atoms with E-state index in [1.807, 2.05) is 25.1 Å². The fourth-order valence-corrected chi connectivity index (χ4v) is 5.22. The summed E-state index contributed by atoms with van der Waals surface area (Å²) in [5, 5.41) is 0. The highest BCUT2D eigenvalue weighted by atomic mass is 32.2. The molecule has 1 aromatic rings. The third-order valence-electron chi connectivity index (χ3n) is 5.84. The average Bonchev–Trinajstić information content (AvgIpc) is 2.63. The van der Waals surface area contributed by atoms with E-state index in [0.29, 0.717) is 6.61 Å². The molecule has 5 nitrogen and oxygen atoms in total. The van der Waals surface area contributed by atoms with E-state index in [-0.39, 0.29) is 29.2 Å². The number of carbonyl (C=O) groups excluding carboxylic acids is 1. The van der Waals surface area contributed by atoms with Gasteiger partial charge in [0.25, 0.3) is 10.1 Å². The molecule has 0 spiro atoms. The largest absolute Gasteiger partial charge is 0.466 e. The number of hydrogen-bond donors (Lipinski definition) is 0. The third kappa shape index (κ3) is 4.06. The number of benzene rings is 1. The molecule has 0 unspecified atom stereocenters. The fourth-order valence-electron chi connectivity index (χ4n) is 4.11. The highest BCUT2D eigenvalue weighted by molar-refractivity contribution is 7.85. The van der Waals surface area contributed by atoms with E-state index in [1.165, 1.54) is 0 Å². The van der Waals surface area contributed by atoms with Gasteiger partial charge in [-0.1, -0.05) is 30.3 Å². The molecule has 0 heterocycles. The molecule has 3 saturated carbocycles. The van der Waals surface area contributed by atoms with Crippen LogP contribution >= 0.6 is 0 Å². The van der Waals surface area contributed by atoms with Crippen molar-refractivity contribution in [3.63, 3.8) is 0 Å². The monoisotopic (exact) mass is 366 g/mol. The molecule has 3 aliphatic rings. The normalized spacial score (nSPS) is 28.7. The van der Waals surface area contributed by atoms with Crippen molar-refractivity contribution in [2.24, 2.45) is 10.8 Å². The van der Waals surface area contributed by atoms with Crippen molar-refractivity contribution in [2.45, 2.75) is 51.2 Å². The van der Waals surface area contributed by atoms with Gasteiger partial charge in [0.1, 0.15) is 5.75 Å². The van der Waals surface area contributed by atoms with E-state index in [0.717, 1.165) is 44.1 Å². The van der Waals surface area contributed by atoms with Crippen LogP contribution in [0.5, 0.6) is 0 Å². The van der Waals surface area contributed by atoms with Crippen LogP contribution in [0.1, 0.15) is 51.0 Å². The van der Waals surface area contributed by atoms with Gasteiger partial charge in [-0.3, -0.25) is 8.98 Å². The Bertz CT molecular complexity index is 686. The molecule has 3 fully saturated rings. The van der Waals surface area contributed by atoms with Crippen LogP contribution in [0, 0.1) is 10.8 Å². The Kier molecular flexibility index (Phi) is 5.21. The molecule has 25 heavy (non-hydrogen) atoms. The number of esters is 1. The molecule has 2 bridgehead atoms. The van der Waals surface area contributed by atoms with E-state index in [2.05, 4.69) is 0 Å². The first-order valence-corrected chi connectivity index (χ1v) is 10.5. The first kappa shape index (κ1) is 18.4. The van der Waals surface area contributed by atoms with Crippen molar-refractivity contribution in [1.82, 2.24) is 0 Å². The standard InChI is InChI=1S/C19H26O5S/c1-2-23-17(20)19-11-8-18(9-12-19,10-13-19)15-24-25(21,22)14-16-6-4-3-5-7-16/h3-7H,2,8-15H2,1H3. The molecule has 138 valence electrons. The Balaban J connectivity index is 1.57. The second-order valence-electron chi connectivity index (χ2n) is 7.45. The van der Waals surface area contributed by atoms with Crippen molar-refractivity contribution < 1.29 is 22.1 Å². The molecular formula is C19H26O5S. The number of hydrogen-bond acceptors (Lipinski definition) is 5. The van der Waals surface area contributed by atoms with Crippen molar-refractivity contribution in [1.29, 1.82) is 0 Å². The number of ether oxygens (including phenoxy) is 1. The number of fused-ring (bicyclic) bond motifs is 3. The van der Waals surface area contributed by atoms with Crippen molar-refractivity contribution in [3.05, 3.63) is 35.9 Å². The molecule has 0 aliphatic heterocycles. The summed E-state index contributed by atoms with van der Waals surface area (Å²) >= 11 is 0. The van der Waals surface area contributed by atoms with Gasteiger partial charge >= 0.3 is 5.97 Å². The maximum Gasteiger partial charge on any atom is 0.312 e. The van der Waals surface area contributed by atoms with E-state index in [4.69, 9.17) is 8.92 Å². The molecule has 0 atom stereocenters. The molecule has 0 aromatic heterocycles. The molecule has 6 heteroatoms. The predicted octanol–water partition coefficient (Wildman–Crippen LogP) is 3.44. The van der Waals surface area contributed by atoms with Gasteiger partial charge in [0, 0.05) is 0 Å². The van der Waals surface area contributed by atoms with E-state index < -0.39 is 10.1 Å². The second kappa shape index (κ2) is 7.08. The number of carbonyl (C=O) groups is 1. The van der Waals surface area contributed by atoms with Gasteiger partial charge in [0.2, 0.25) is 0 Å². The molecule has 3 aliphatic carbocycles. The first-order chi connectivity index (χ1) is 11.9. The summed E-state index contributed by atoms with van der Waals surface area (Å²) in [6.45, 7) is 2.46. The quantitative estimate of drug-likeness (QED) is 0.546. The van der Waals surface area contributed by atoms with Gasteiger partial charge in [0.05, 0.1) is 18.6 Å². The van der Waals surface area contributed by atoms with Crippen molar-refractivity contribution in [3.8, 4) is 0 Å². The van der Waals surface area contributed by atoms with Gasteiger partial charge in [-0.05, 0) is 56.4 Å². The lowest BCUT2D eigenvalue weighted by molar-refractivity contribution is -0.166. The lowest BCUT2D eigenvalue weighted by atomic mass is 9.54. The van der Waals surface area contributed by atoms with Gasteiger partial charge in [-0.2, -0.15) is 8.42 Å². The minimum atomic E-state index is -3.60. The summed E-state index contributed by atoms with van der Waals surface area (Å²) in [6.07, 6.45) is 4.79. The summed E-state index contributed by atoms with van der Waals surface area (Å²) in [5.41, 5.74) is 0.271. The predicted molar refractivity (Wildman–Crippen MR) is 94.2 cm³/mol. The Morgan fingerprint density at radius 1 is 1.04 bits per heavy atom. The van der Waals surface area contributed by atoms with Crippen molar-refractivity contribution >= 4 is 16.1 Å². The fraction of sp³-hybridized carbons (Fsp3) is 0.632. The maximum absolute atomic E-state index is 12.3. The van der Waals surface area contributed by atoms with Gasteiger partial charge < -0.3 is 4.74 Å². The Morgan fingerprint density at radius 2 is 1.64 bits per heavy atom. The molecule has 1 aromatic carbocycles. The SMILES string of the molecule is CCOC(=O)C12CCC(COS(=O)(=O)Cc3ccccc3)(CC1)CC2. The molecule has 4 rings (SSSR count). The zero-order chi connectivity index (χ0) is 18.0. The summed E-state index contributed by atoms with van der Waals surface area (Å²) in [5.74, 6) is -0.183. The number of rotatable bonds is 7. The lowest BCUT2D eigenvalue weighted by Crippen LogP contribution is -2.48. The summed E-state index contributed by atoms with van der Waals surface area (Å²) in [7, 11) is -3.60. The Hall–Kier alpha value is -1.40. The van der Waals surface area contributed by atoms with E-state index in [1.54, 1.807) is 12.1 Å². The van der Waals surface area contributed by atoms with Crippen LogP contribution in [0.4, 0.5) is 0 Å². The van der Waals surface area contributed by atoms with E-state index in [9.17, 15) is 13.2 Å². The van der Waals surface area contributed by atoms with Gasteiger partial charge in [-0.15, -0.1) is 0 Å². The Morgan fingerprint density at radius 3 is 2.20 bits per heavy atom. The molecule has 0 amide bonds. The topological polar surface area (TPSA) is 69.7 Å². The minimum Gasteiger partial charge on any atom is -0.466 e. The second-order valence-corrected chi connectivity index (χ2v) is 9.09. The average molecular weight is 366 g/mol. The summed E-state index contributed by atoms with van der Waals surface area (Å²) in [4.78, 5) is 12.3. The zero-order valence-corrected chi connectivity index (χ0v) is 15.5. The molecule has 0 N–H and O–H groups in total. The van der Waals surface area contributed by atoms with Crippen LogP contribution in [-0.2, 0) is 29.6 Å². The highest BCUT2D eigenvalue weighted by Crippen LogP contribution is 2.57. The maximum atomic E-state index is 12.3. The van der Waals surface area contributed by atoms with Crippen LogP contribution in [0.25, 0.3) is 0 Å². The molecule has 0 radical (unpaired) electrons. The Labute approximate surface area is 149 Å². The smallest absolute Gasteiger partial charge is 0.312 e. The molecule has 0 saturated heterocycles. The van der Waals surface area contributed by atoms with Crippen LogP contribution in [-0.4, -0.2) is 27.6 Å². The van der Waals surface area contributed by atoms with Crippen LogP contribution < -0.4 is 0 Å². The highest BCUT2D eigenvalue weighted by Gasteiger charge is 2.53. The van der Waals surface area contributed by atoms with Gasteiger partial charge in [-0.25, -0.2) is 0 Å². The van der Waals surface area contributed by atoms with Crippen LogP contribution in [0.15, 0.2) is 30.3 Å². The summed E-state index contributed by atoms with van der Waals surface area (Å²) < 4.78 is 35.2. The minimum absolute atomic E-state index is 0.0825. The van der Waals surface area contributed by atoms with Crippen molar-refractivity contribution in [2.75, 3.05) is 13.2 Å². The van der Waals surface area contributed by atoms with E-state index >= 15 is 0 Å². The first-order valence-electron chi connectivity index (χ1n) is 8.97. The molecular weight excluding hydrogens is 340 g/mol. The van der Waals surface area contributed by atoms with Crippen LogP contribution in [0.2, 0.25) is 0 Å².